The maximum atomic E-state index is 13.7. The monoisotopic (exact) mass is 390 g/mol. The van der Waals surface area contributed by atoms with Gasteiger partial charge >= 0.3 is 0 Å². The van der Waals surface area contributed by atoms with Crippen LogP contribution in [0.4, 0.5) is 4.39 Å². The second-order valence-corrected chi connectivity index (χ2v) is 7.75. The molecule has 3 nitrogen and oxygen atoms in total. The first-order chi connectivity index (χ1) is 12.5. The smallest absolute Gasteiger partial charge is 0.267 e. The zero-order valence-electron chi connectivity index (χ0n) is 14.7. The molecule has 2 aromatic carbocycles. The number of carbonyl (C=O) groups is 1. The Morgan fingerprint density at radius 2 is 2.08 bits per heavy atom. The van der Waals surface area contributed by atoms with Crippen LogP contribution in [0.3, 0.4) is 0 Å². The van der Waals surface area contributed by atoms with Crippen molar-refractivity contribution < 1.29 is 9.18 Å². The maximum absolute atomic E-state index is 13.7. The number of halogens is 2. The first-order valence-electron chi connectivity index (χ1n) is 8.34. The molecule has 6 heteroatoms. The number of fused-ring (bicyclic) bond motifs is 1. The molecule has 0 unspecified atom stereocenters. The van der Waals surface area contributed by atoms with E-state index in [0.29, 0.717) is 34.3 Å². The van der Waals surface area contributed by atoms with Crippen molar-refractivity contribution in [3.05, 3.63) is 69.6 Å². The molecule has 0 aliphatic heterocycles. The molecular weight excluding hydrogens is 371 g/mol. The molecule has 2 N–H and O–H groups in total. The van der Waals surface area contributed by atoms with Gasteiger partial charge in [-0.3, -0.25) is 4.79 Å². The standard InChI is InChI=1S/C20H20ClFN2OS/c1-12-8-13(2)14-10-19(24-18(14)9-12)20(25)23-6-7-26-11-15-16(21)4-3-5-17(15)22/h3-5,8-10,24H,6-7,11H2,1-2H3,(H,23,25). The number of amides is 1. The number of aromatic amines is 1. The summed E-state index contributed by atoms with van der Waals surface area (Å²) >= 11 is 7.54. The van der Waals surface area contributed by atoms with E-state index in [1.54, 1.807) is 12.1 Å². The van der Waals surface area contributed by atoms with Crippen LogP contribution in [0.5, 0.6) is 0 Å². The molecule has 0 atom stereocenters. The molecule has 1 heterocycles. The van der Waals surface area contributed by atoms with Crippen LogP contribution in [0.25, 0.3) is 10.9 Å². The number of thioether (sulfide) groups is 1. The lowest BCUT2D eigenvalue weighted by molar-refractivity contribution is 0.0952. The van der Waals surface area contributed by atoms with Crippen molar-refractivity contribution in [3.63, 3.8) is 0 Å². The highest BCUT2D eigenvalue weighted by molar-refractivity contribution is 7.98. The third-order valence-electron chi connectivity index (χ3n) is 4.17. The average molecular weight is 391 g/mol. The first kappa shape index (κ1) is 18.8. The van der Waals surface area contributed by atoms with Crippen molar-refractivity contribution in [1.82, 2.24) is 10.3 Å². The van der Waals surface area contributed by atoms with Gasteiger partial charge in [0.05, 0.1) is 0 Å². The lowest BCUT2D eigenvalue weighted by Crippen LogP contribution is -2.26. The van der Waals surface area contributed by atoms with Gasteiger partial charge in [-0.1, -0.05) is 23.7 Å². The minimum atomic E-state index is -0.294. The summed E-state index contributed by atoms with van der Waals surface area (Å²) in [6, 6.07) is 10.7. The number of aryl methyl sites for hydroxylation is 2. The molecule has 1 amide bonds. The summed E-state index contributed by atoms with van der Waals surface area (Å²) in [5.74, 6) is 0.724. The number of carbonyl (C=O) groups excluding carboxylic acids is 1. The molecule has 1 aromatic heterocycles. The van der Waals surface area contributed by atoms with Gasteiger partial charge in [-0.2, -0.15) is 11.8 Å². The molecular formula is C20H20ClFN2OS. The van der Waals surface area contributed by atoms with Crippen molar-refractivity contribution in [2.45, 2.75) is 19.6 Å². The second-order valence-electron chi connectivity index (χ2n) is 6.23. The van der Waals surface area contributed by atoms with Gasteiger partial charge in [-0.05, 0) is 49.2 Å². The van der Waals surface area contributed by atoms with Crippen molar-refractivity contribution >= 4 is 40.2 Å². The van der Waals surface area contributed by atoms with E-state index in [-0.39, 0.29) is 11.7 Å². The molecule has 0 radical (unpaired) electrons. The van der Waals surface area contributed by atoms with Gasteiger partial charge in [-0.25, -0.2) is 4.39 Å². The van der Waals surface area contributed by atoms with Gasteiger partial charge in [0.2, 0.25) is 0 Å². The Hall–Kier alpha value is -1.98. The van der Waals surface area contributed by atoms with Gasteiger partial charge in [0, 0.05) is 39.5 Å². The quantitative estimate of drug-likeness (QED) is 0.565. The fourth-order valence-corrected chi connectivity index (χ4v) is 4.10. The Bertz CT molecular complexity index is 934. The zero-order valence-corrected chi connectivity index (χ0v) is 16.2. The van der Waals surface area contributed by atoms with E-state index in [4.69, 9.17) is 11.6 Å². The predicted octanol–water partition coefficient (Wildman–Crippen LogP) is 5.24. The number of nitrogens with one attached hydrogen (secondary N) is 2. The minimum Gasteiger partial charge on any atom is -0.351 e. The van der Waals surface area contributed by atoms with E-state index >= 15 is 0 Å². The summed E-state index contributed by atoms with van der Waals surface area (Å²) in [4.78, 5) is 15.5. The number of rotatable bonds is 6. The van der Waals surface area contributed by atoms with Crippen LogP contribution >= 0.6 is 23.4 Å². The molecule has 0 bridgehead atoms. The van der Waals surface area contributed by atoms with Crippen LogP contribution in [0.2, 0.25) is 5.02 Å². The fraction of sp³-hybridized carbons (Fsp3) is 0.250. The lowest BCUT2D eigenvalue weighted by atomic mass is 10.1. The Kier molecular flexibility index (Phi) is 5.89. The Labute approximate surface area is 161 Å². The Balaban J connectivity index is 1.52. The molecule has 0 saturated heterocycles. The van der Waals surface area contributed by atoms with Crippen LogP contribution in [0, 0.1) is 19.7 Å². The third-order valence-corrected chi connectivity index (χ3v) is 5.51. The molecule has 3 aromatic rings. The lowest BCUT2D eigenvalue weighted by Gasteiger charge is -2.06. The molecule has 3 rings (SSSR count). The van der Waals surface area contributed by atoms with Gasteiger partial charge in [0.1, 0.15) is 11.5 Å². The highest BCUT2D eigenvalue weighted by Gasteiger charge is 2.11. The highest BCUT2D eigenvalue weighted by Crippen LogP contribution is 2.24. The topological polar surface area (TPSA) is 44.9 Å². The van der Waals surface area contributed by atoms with Crippen LogP contribution in [-0.4, -0.2) is 23.2 Å². The fourth-order valence-electron chi connectivity index (χ4n) is 2.90. The van der Waals surface area contributed by atoms with Crippen LogP contribution < -0.4 is 5.32 Å². The van der Waals surface area contributed by atoms with Crippen molar-refractivity contribution in [3.8, 4) is 0 Å². The Morgan fingerprint density at radius 3 is 2.85 bits per heavy atom. The number of hydrogen-bond donors (Lipinski definition) is 2. The van der Waals surface area contributed by atoms with E-state index in [0.717, 1.165) is 22.0 Å². The Morgan fingerprint density at radius 1 is 1.27 bits per heavy atom. The molecule has 26 heavy (non-hydrogen) atoms. The van der Waals surface area contributed by atoms with Crippen molar-refractivity contribution in [2.75, 3.05) is 12.3 Å². The summed E-state index contributed by atoms with van der Waals surface area (Å²) < 4.78 is 13.7. The van der Waals surface area contributed by atoms with Crippen molar-refractivity contribution in [1.29, 1.82) is 0 Å². The van der Waals surface area contributed by atoms with E-state index in [2.05, 4.69) is 16.4 Å². The number of hydrogen-bond acceptors (Lipinski definition) is 2. The summed E-state index contributed by atoms with van der Waals surface area (Å²) in [6.45, 7) is 4.57. The second kappa shape index (κ2) is 8.14. The predicted molar refractivity (Wildman–Crippen MR) is 108 cm³/mol. The number of benzene rings is 2. The molecule has 0 aliphatic carbocycles. The third kappa shape index (κ3) is 4.22. The highest BCUT2D eigenvalue weighted by atomic mass is 35.5. The first-order valence-corrected chi connectivity index (χ1v) is 9.88. The molecule has 136 valence electrons. The minimum absolute atomic E-state index is 0.136. The number of H-pyrrole nitrogens is 1. The zero-order chi connectivity index (χ0) is 18.7. The van der Waals surface area contributed by atoms with Gasteiger partial charge < -0.3 is 10.3 Å². The maximum Gasteiger partial charge on any atom is 0.267 e. The molecule has 0 fully saturated rings. The molecule has 0 spiro atoms. The normalized spacial score (nSPS) is 11.1. The molecule has 0 saturated carbocycles. The van der Waals surface area contributed by atoms with E-state index in [1.165, 1.54) is 17.8 Å². The molecule has 0 aliphatic rings. The summed E-state index contributed by atoms with van der Waals surface area (Å²) in [5.41, 5.74) is 4.33. The van der Waals surface area contributed by atoms with Gasteiger partial charge in [0.15, 0.2) is 0 Å². The largest absolute Gasteiger partial charge is 0.351 e. The van der Waals surface area contributed by atoms with Crippen LogP contribution in [0.15, 0.2) is 36.4 Å². The van der Waals surface area contributed by atoms with Gasteiger partial charge in [-0.15, -0.1) is 0 Å². The van der Waals surface area contributed by atoms with Crippen LogP contribution in [0.1, 0.15) is 27.2 Å². The number of aromatic nitrogens is 1. The summed E-state index contributed by atoms with van der Waals surface area (Å²) in [7, 11) is 0. The van der Waals surface area contributed by atoms with Crippen LogP contribution in [-0.2, 0) is 5.75 Å². The average Bonchev–Trinajstić information content (AvgIpc) is 3.01. The van der Waals surface area contributed by atoms with Crippen molar-refractivity contribution in [2.24, 2.45) is 0 Å². The van der Waals surface area contributed by atoms with E-state index < -0.39 is 0 Å². The summed E-state index contributed by atoms with van der Waals surface area (Å²) in [5, 5.41) is 4.39. The summed E-state index contributed by atoms with van der Waals surface area (Å²) in [6.07, 6.45) is 0. The van der Waals surface area contributed by atoms with E-state index in [9.17, 15) is 9.18 Å². The van der Waals surface area contributed by atoms with Gasteiger partial charge in [0.25, 0.3) is 5.91 Å². The SMILES string of the molecule is Cc1cc(C)c2cc(C(=O)NCCSCc3c(F)cccc3Cl)[nH]c2c1. The van der Waals surface area contributed by atoms with E-state index in [1.807, 2.05) is 26.0 Å².